The standard InChI is InChI=1S/C21H20N4O2S/c1-3-27-16-9-10-17-19(13-16)28-21(22-17)25(14-15-7-5-4-6-8-15)20(26)18-11-12-24(2)23-18/h4-13H,3,14H2,1-2H3. The number of nitrogens with zero attached hydrogens (tertiary/aromatic N) is 4. The van der Waals surface area contributed by atoms with Crippen LogP contribution in [0.25, 0.3) is 10.2 Å². The van der Waals surface area contributed by atoms with Gasteiger partial charge in [-0.05, 0) is 36.8 Å². The van der Waals surface area contributed by atoms with Gasteiger partial charge in [0.05, 0.1) is 23.4 Å². The molecular formula is C21H20N4O2S. The molecule has 0 aliphatic heterocycles. The molecule has 6 nitrogen and oxygen atoms in total. The highest BCUT2D eigenvalue weighted by molar-refractivity contribution is 7.22. The molecule has 0 N–H and O–H groups in total. The molecule has 0 unspecified atom stereocenters. The van der Waals surface area contributed by atoms with E-state index in [4.69, 9.17) is 9.72 Å². The molecule has 0 aliphatic carbocycles. The molecule has 1 amide bonds. The Balaban J connectivity index is 1.73. The number of anilines is 1. The largest absolute Gasteiger partial charge is 0.494 e. The van der Waals surface area contributed by atoms with Gasteiger partial charge in [-0.2, -0.15) is 5.10 Å². The minimum absolute atomic E-state index is 0.173. The summed E-state index contributed by atoms with van der Waals surface area (Å²) >= 11 is 1.47. The van der Waals surface area contributed by atoms with Crippen molar-refractivity contribution in [2.24, 2.45) is 7.05 Å². The van der Waals surface area contributed by atoms with Crippen LogP contribution in [-0.2, 0) is 13.6 Å². The van der Waals surface area contributed by atoms with Crippen molar-refractivity contribution < 1.29 is 9.53 Å². The molecule has 7 heteroatoms. The summed E-state index contributed by atoms with van der Waals surface area (Å²) in [6, 6.07) is 17.4. The van der Waals surface area contributed by atoms with E-state index < -0.39 is 0 Å². The Morgan fingerprint density at radius 1 is 1.18 bits per heavy atom. The molecule has 2 aromatic heterocycles. The number of fused-ring (bicyclic) bond motifs is 1. The first kappa shape index (κ1) is 18.2. The van der Waals surface area contributed by atoms with Crippen molar-refractivity contribution in [3.63, 3.8) is 0 Å². The van der Waals surface area contributed by atoms with Crippen LogP contribution in [0.5, 0.6) is 5.75 Å². The molecule has 0 fully saturated rings. The summed E-state index contributed by atoms with van der Waals surface area (Å²) in [7, 11) is 1.80. The summed E-state index contributed by atoms with van der Waals surface area (Å²) in [5, 5.41) is 4.92. The average Bonchev–Trinajstić information content (AvgIpc) is 3.32. The highest BCUT2D eigenvalue weighted by atomic mass is 32.1. The number of ether oxygens (including phenoxy) is 1. The van der Waals surface area contributed by atoms with Crippen LogP contribution in [0, 0.1) is 0 Å². The molecule has 0 saturated carbocycles. The Bertz CT molecular complexity index is 1100. The number of aromatic nitrogens is 3. The summed E-state index contributed by atoms with van der Waals surface area (Å²) in [5.41, 5.74) is 2.27. The first-order chi connectivity index (χ1) is 13.6. The van der Waals surface area contributed by atoms with E-state index in [0.717, 1.165) is 21.5 Å². The Morgan fingerprint density at radius 2 is 2.00 bits per heavy atom. The van der Waals surface area contributed by atoms with E-state index in [-0.39, 0.29) is 5.91 Å². The fourth-order valence-corrected chi connectivity index (χ4v) is 3.92. The van der Waals surface area contributed by atoms with Gasteiger partial charge < -0.3 is 4.74 Å². The lowest BCUT2D eigenvalue weighted by Crippen LogP contribution is -2.30. The minimum atomic E-state index is -0.173. The van der Waals surface area contributed by atoms with E-state index in [1.807, 2.05) is 55.5 Å². The Morgan fingerprint density at radius 3 is 2.71 bits per heavy atom. The minimum Gasteiger partial charge on any atom is -0.494 e. The third kappa shape index (κ3) is 3.75. The molecular weight excluding hydrogens is 372 g/mol. The average molecular weight is 392 g/mol. The van der Waals surface area contributed by atoms with Gasteiger partial charge in [-0.3, -0.25) is 14.4 Å². The molecule has 4 aromatic rings. The summed E-state index contributed by atoms with van der Waals surface area (Å²) in [4.78, 5) is 19.6. The van der Waals surface area contributed by atoms with E-state index in [0.29, 0.717) is 24.0 Å². The number of aryl methyl sites for hydroxylation is 1. The maximum atomic E-state index is 13.2. The molecule has 28 heavy (non-hydrogen) atoms. The zero-order chi connectivity index (χ0) is 19.5. The van der Waals surface area contributed by atoms with Gasteiger partial charge >= 0.3 is 0 Å². The fourth-order valence-electron chi connectivity index (χ4n) is 2.92. The van der Waals surface area contributed by atoms with Crippen molar-refractivity contribution in [2.45, 2.75) is 13.5 Å². The van der Waals surface area contributed by atoms with Gasteiger partial charge in [0.25, 0.3) is 5.91 Å². The second kappa shape index (κ2) is 7.82. The van der Waals surface area contributed by atoms with Crippen molar-refractivity contribution in [3.05, 3.63) is 72.1 Å². The zero-order valence-corrected chi connectivity index (χ0v) is 16.5. The molecule has 2 aromatic carbocycles. The number of amides is 1. The van der Waals surface area contributed by atoms with E-state index in [2.05, 4.69) is 5.10 Å². The van der Waals surface area contributed by atoms with Gasteiger partial charge in [-0.15, -0.1) is 0 Å². The second-order valence-corrected chi connectivity index (χ2v) is 7.32. The number of hydrogen-bond acceptors (Lipinski definition) is 5. The number of hydrogen-bond donors (Lipinski definition) is 0. The molecule has 0 radical (unpaired) electrons. The quantitative estimate of drug-likeness (QED) is 0.491. The number of carbonyl (C=O) groups is 1. The first-order valence-corrected chi connectivity index (χ1v) is 9.84. The fraction of sp³-hybridized carbons (Fsp3) is 0.190. The van der Waals surface area contributed by atoms with Crippen LogP contribution in [0.4, 0.5) is 5.13 Å². The first-order valence-electron chi connectivity index (χ1n) is 9.03. The van der Waals surface area contributed by atoms with Crippen LogP contribution in [0.15, 0.2) is 60.8 Å². The van der Waals surface area contributed by atoms with Crippen molar-refractivity contribution >= 4 is 32.6 Å². The summed E-state index contributed by atoms with van der Waals surface area (Å²) in [6.07, 6.45) is 1.76. The van der Waals surface area contributed by atoms with Crippen LogP contribution >= 0.6 is 11.3 Å². The van der Waals surface area contributed by atoms with Crippen molar-refractivity contribution in [1.29, 1.82) is 0 Å². The molecule has 0 aliphatic rings. The highest BCUT2D eigenvalue weighted by Crippen LogP contribution is 2.33. The van der Waals surface area contributed by atoms with E-state index in [1.165, 1.54) is 11.3 Å². The summed E-state index contributed by atoms with van der Waals surface area (Å²) in [6.45, 7) is 2.99. The van der Waals surface area contributed by atoms with Crippen LogP contribution in [0.1, 0.15) is 23.0 Å². The molecule has 4 rings (SSSR count). The third-order valence-electron chi connectivity index (χ3n) is 4.25. The molecule has 0 bridgehead atoms. The lowest BCUT2D eigenvalue weighted by molar-refractivity contribution is 0.0979. The predicted molar refractivity (Wildman–Crippen MR) is 111 cm³/mol. The maximum absolute atomic E-state index is 13.2. The normalized spacial score (nSPS) is 10.9. The van der Waals surface area contributed by atoms with E-state index in [1.54, 1.807) is 28.9 Å². The summed E-state index contributed by atoms with van der Waals surface area (Å²) in [5.74, 6) is 0.629. The van der Waals surface area contributed by atoms with Crippen LogP contribution in [0.3, 0.4) is 0 Å². The van der Waals surface area contributed by atoms with Gasteiger partial charge in [-0.1, -0.05) is 41.7 Å². The molecule has 2 heterocycles. The zero-order valence-electron chi connectivity index (χ0n) is 15.7. The van der Waals surface area contributed by atoms with Crippen molar-refractivity contribution in [2.75, 3.05) is 11.5 Å². The number of rotatable bonds is 6. The molecule has 0 saturated heterocycles. The maximum Gasteiger partial charge on any atom is 0.280 e. The van der Waals surface area contributed by atoms with Crippen LogP contribution in [0.2, 0.25) is 0 Å². The Kier molecular flexibility index (Phi) is 5.08. The SMILES string of the molecule is CCOc1ccc2nc(N(Cc3ccccc3)C(=O)c3ccn(C)n3)sc2c1. The predicted octanol–water partition coefficient (Wildman–Crippen LogP) is 4.28. The monoisotopic (exact) mass is 392 g/mol. The summed E-state index contributed by atoms with van der Waals surface area (Å²) < 4.78 is 8.19. The second-order valence-electron chi connectivity index (χ2n) is 6.31. The van der Waals surface area contributed by atoms with Crippen molar-refractivity contribution in [1.82, 2.24) is 14.8 Å². The number of benzene rings is 2. The third-order valence-corrected chi connectivity index (χ3v) is 5.29. The molecule has 142 valence electrons. The van der Waals surface area contributed by atoms with Crippen LogP contribution < -0.4 is 9.64 Å². The smallest absolute Gasteiger partial charge is 0.280 e. The number of thiazole rings is 1. The van der Waals surface area contributed by atoms with Gasteiger partial charge in [0, 0.05) is 13.2 Å². The van der Waals surface area contributed by atoms with E-state index >= 15 is 0 Å². The van der Waals surface area contributed by atoms with Gasteiger partial charge in [0.2, 0.25) is 0 Å². The lowest BCUT2D eigenvalue weighted by Gasteiger charge is -2.19. The molecule has 0 atom stereocenters. The Hall–Kier alpha value is -3.19. The van der Waals surface area contributed by atoms with Crippen molar-refractivity contribution in [3.8, 4) is 5.75 Å². The topological polar surface area (TPSA) is 60.2 Å². The van der Waals surface area contributed by atoms with Gasteiger partial charge in [0.1, 0.15) is 5.75 Å². The van der Waals surface area contributed by atoms with E-state index in [9.17, 15) is 4.79 Å². The van der Waals surface area contributed by atoms with Crippen LogP contribution in [-0.4, -0.2) is 27.3 Å². The molecule has 0 spiro atoms. The number of carbonyl (C=O) groups excluding carboxylic acids is 1. The van der Waals surface area contributed by atoms with Gasteiger partial charge in [-0.25, -0.2) is 4.98 Å². The highest BCUT2D eigenvalue weighted by Gasteiger charge is 2.23. The van der Waals surface area contributed by atoms with Gasteiger partial charge in [0.15, 0.2) is 10.8 Å². The Labute approximate surface area is 167 Å². The lowest BCUT2D eigenvalue weighted by atomic mass is 10.2.